The van der Waals surface area contributed by atoms with Gasteiger partial charge in [-0.25, -0.2) is 0 Å². The van der Waals surface area contributed by atoms with Gasteiger partial charge >= 0.3 is 48.9 Å². The van der Waals surface area contributed by atoms with E-state index >= 15 is 0 Å². The summed E-state index contributed by atoms with van der Waals surface area (Å²) >= 11 is 0. The third-order valence-corrected chi connectivity index (χ3v) is 4.66. The predicted molar refractivity (Wildman–Crippen MR) is 80.8 cm³/mol. The average molecular weight is 558 g/mol. The SMILES string of the molecule is O=P([O-])([O-])OC1O[C@H](CO)[C@@H](O[C@@H]2O[C@H](CO)[C@H](O)[C@H](O)[C@H]2O)[C@H](O)[C@H]1O.[Ba+2]. The van der Waals surface area contributed by atoms with Gasteiger partial charge in [-0.2, -0.15) is 0 Å². The van der Waals surface area contributed by atoms with Crippen LogP contribution in [0.3, 0.4) is 0 Å². The molecule has 7 N–H and O–H groups in total. The quantitative estimate of drug-likeness (QED) is 0.119. The smallest absolute Gasteiger partial charge is 0.790 e. The third-order valence-electron chi connectivity index (χ3n) is 4.19. The van der Waals surface area contributed by atoms with Gasteiger partial charge in [-0.1, -0.05) is 0 Å². The van der Waals surface area contributed by atoms with Gasteiger partial charge in [-0.3, -0.25) is 0 Å². The predicted octanol–water partition coefficient (Wildman–Crippen LogP) is -6.92. The molecular formula is C12H21BaO14P. The second-order valence-corrected chi connectivity index (χ2v) is 7.16. The summed E-state index contributed by atoms with van der Waals surface area (Å²) in [4.78, 5) is 21.4. The molecule has 2 rings (SSSR count). The van der Waals surface area contributed by atoms with Gasteiger partial charge in [0.15, 0.2) is 12.6 Å². The Bertz CT molecular complexity index is 530. The summed E-state index contributed by atoms with van der Waals surface area (Å²) in [5, 5.41) is 67.9. The van der Waals surface area contributed by atoms with Crippen LogP contribution in [-0.2, 0) is 23.3 Å². The first-order valence-corrected chi connectivity index (χ1v) is 9.25. The Labute approximate surface area is 198 Å². The van der Waals surface area contributed by atoms with Gasteiger partial charge in [0.2, 0.25) is 0 Å². The van der Waals surface area contributed by atoms with Crippen molar-refractivity contribution in [3.05, 3.63) is 0 Å². The molecule has 2 aliphatic rings. The van der Waals surface area contributed by atoms with E-state index in [4.69, 9.17) is 19.3 Å². The van der Waals surface area contributed by atoms with Gasteiger partial charge in [0.25, 0.3) is 0 Å². The Balaban J connectivity index is 0.00000392. The van der Waals surface area contributed by atoms with Gasteiger partial charge < -0.3 is 68.8 Å². The topological polar surface area (TPSA) is 242 Å². The molecule has 0 aliphatic carbocycles. The zero-order chi connectivity index (χ0) is 20.5. The minimum Gasteiger partial charge on any atom is -0.790 e. The van der Waals surface area contributed by atoms with Gasteiger partial charge in [0.1, 0.15) is 48.8 Å². The van der Waals surface area contributed by atoms with E-state index in [1.165, 1.54) is 0 Å². The molecule has 10 atom stereocenters. The molecule has 16 heteroatoms. The van der Waals surface area contributed by atoms with Crippen LogP contribution in [0.15, 0.2) is 0 Å². The number of aliphatic hydroxyl groups is 7. The summed E-state index contributed by atoms with van der Waals surface area (Å²) in [5.41, 5.74) is 0. The monoisotopic (exact) mass is 558 g/mol. The number of ether oxygens (including phenoxy) is 3. The third kappa shape index (κ3) is 6.40. The normalized spacial score (nSPS) is 44.8. The Morgan fingerprint density at radius 2 is 1.29 bits per heavy atom. The molecule has 160 valence electrons. The fourth-order valence-corrected chi connectivity index (χ4v) is 3.20. The van der Waals surface area contributed by atoms with Gasteiger partial charge in [0.05, 0.1) is 21.0 Å². The van der Waals surface area contributed by atoms with Crippen molar-refractivity contribution >= 4 is 56.7 Å². The first kappa shape index (κ1) is 27.3. The van der Waals surface area contributed by atoms with Crippen LogP contribution in [0.5, 0.6) is 0 Å². The molecule has 0 radical (unpaired) electrons. The molecule has 0 amide bonds. The first-order valence-electron chi connectivity index (χ1n) is 7.79. The van der Waals surface area contributed by atoms with E-state index in [1.807, 2.05) is 0 Å². The molecule has 0 aromatic heterocycles. The van der Waals surface area contributed by atoms with E-state index in [-0.39, 0.29) is 48.9 Å². The number of phosphoric ester groups is 1. The molecule has 2 fully saturated rings. The Morgan fingerprint density at radius 1 is 0.786 bits per heavy atom. The minimum atomic E-state index is -5.60. The summed E-state index contributed by atoms with van der Waals surface area (Å²) in [5.74, 6) is 0. The standard InChI is InChI=1S/C12H23O14P.Ba/c13-1-3-5(15)6(16)8(18)11(23-3)25-10-4(2-14)24-12(9(19)7(10)17)26-27(20,21)22;/h3-19H,1-2H2,(H2,20,21,22);/q;+2/p-2/t3-,4-,5+,6+,7-,8-,9-,10-,11+,12?;/m1./s1. The van der Waals surface area contributed by atoms with Crippen LogP contribution in [-0.4, -0.2) is 159 Å². The maximum atomic E-state index is 10.7. The fourth-order valence-electron chi connectivity index (χ4n) is 2.77. The van der Waals surface area contributed by atoms with Crippen molar-refractivity contribution < 1.29 is 68.8 Å². The first-order chi connectivity index (χ1) is 12.5. The Hall–Kier alpha value is 1.28. The number of hydrogen-bond acceptors (Lipinski definition) is 14. The zero-order valence-corrected chi connectivity index (χ0v) is 19.7. The Morgan fingerprint density at radius 3 is 1.79 bits per heavy atom. The minimum absolute atomic E-state index is 0. The molecular weight excluding hydrogens is 536 g/mol. The van der Waals surface area contributed by atoms with E-state index < -0.39 is 82.4 Å². The van der Waals surface area contributed by atoms with Crippen LogP contribution < -0.4 is 9.79 Å². The van der Waals surface area contributed by atoms with Crippen LogP contribution in [0.1, 0.15) is 0 Å². The molecule has 0 saturated carbocycles. The maximum Gasteiger partial charge on any atom is 2.00 e. The molecule has 0 aromatic carbocycles. The number of hydrogen-bond donors (Lipinski definition) is 7. The number of phosphoric acid groups is 1. The van der Waals surface area contributed by atoms with Crippen molar-refractivity contribution in [1.82, 2.24) is 0 Å². The molecule has 0 bridgehead atoms. The zero-order valence-electron chi connectivity index (χ0n) is 14.3. The van der Waals surface area contributed by atoms with Crippen LogP contribution in [0, 0.1) is 0 Å². The summed E-state index contributed by atoms with van der Waals surface area (Å²) in [6, 6.07) is 0. The van der Waals surface area contributed by atoms with E-state index in [9.17, 15) is 45.0 Å². The number of aliphatic hydroxyl groups excluding tert-OH is 7. The summed E-state index contributed by atoms with van der Waals surface area (Å²) in [7, 11) is -5.60. The van der Waals surface area contributed by atoms with Crippen molar-refractivity contribution in [2.75, 3.05) is 13.2 Å². The van der Waals surface area contributed by atoms with Crippen molar-refractivity contribution in [2.45, 2.75) is 61.4 Å². The van der Waals surface area contributed by atoms with E-state index in [0.717, 1.165) is 0 Å². The molecule has 0 spiro atoms. The van der Waals surface area contributed by atoms with E-state index in [2.05, 4.69) is 4.52 Å². The van der Waals surface area contributed by atoms with Gasteiger partial charge in [-0.05, 0) is 0 Å². The summed E-state index contributed by atoms with van der Waals surface area (Å²) in [6.45, 7) is -1.65. The largest absolute Gasteiger partial charge is 2.00 e. The molecule has 2 aliphatic heterocycles. The van der Waals surface area contributed by atoms with Crippen molar-refractivity contribution in [1.29, 1.82) is 0 Å². The second-order valence-electron chi connectivity index (χ2n) is 6.06. The van der Waals surface area contributed by atoms with Crippen LogP contribution in [0.25, 0.3) is 0 Å². The van der Waals surface area contributed by atoms with Gasteiger partial charge in [-0.15, -0.1) is 0 Å². The van der Waals surface area contributed by atoms with Crippen LogP contribution in [0.4, 0.5) is 0 Å². The average Bonchev–Trinajstić information content (AvgIpc) is 2.60. The van der Waals surface area contributed by atoms with Crippen molar-refractivity contribution in [2.24, 2.45) is 0 Å². The van der Waals surface area contributed by atoms with E-state index in [0.29, 0.717) is 0 Å². The van der Waals surface area contributed by atoms with Gasteiger partial charge in [0, 0.05) is 0 Å². The number of rotatable bonds is 6. The van der Waals surface area contributed by atoms with Crippen molar-refractivity contribution in [3.8, 4) is 0 Å². The summed E-state index contributed by atoms with van der Waals surface area (Å²) < 4.78 is 29.9. The molecule has 0 aromatic rings. The summed E-state index contributed by atoms with van der Waals surface area (Å²) in [6.07, 6.45) is -17.7. The second kappa shape index (κ2) is 11.2. The molecule has 14 nitrogen and oxygen atoms in total. The Kier molecular flexibility index (Phi) is 11.0. The maximum absolute atomic E-state index is 10.7. The molecule has 2 heterocycles. The van der Waals surface area contributed by atoms with Crippen LogP contribution in [0.2, 0.25) is 0 Å². The molecule has 28 heavy (non-hydrogen) atoms. The molecule has 1 unspecified atom stereocenters. The van der Waals surface area contributed by atoms with Crippen molar-refractivity contribution in [3.63, 3.8) is 0 Å². The van der Waals surface area contributed by atoms with E-state index in [1.54, 1.807) is 0 Å². The van der Waals surface area contributed by atoms with Crippen LogP contribution >= 0.6 is 7.82 Å². The molecule has 2 saturated heterocycles. The fraction of sp³-hybridized carbons (Fsp3) is 1.00.